The highest BCUT2D eigenvalue weighted by Crippen LogP contribution is 2.18. The van der Waals surface area contributed by atoms with Crippen LogP contribution in [0.5, 0.6) is 0 Å². The second-order valence-corrected chi connectivity index (χ2v) is 6.92. The minimum atomic E-state index is -3.25. The first-order valence-corrected chi connectivity index (χ1v) is 8.59. The molecule has 0 bridgehead atoms. The van der Waals surface area contributed by atoms with Crippen LogP contribution in [-0.2, 0) is 9.84 Å². The largest absolute Gasteiger partial charge is 0.357 e. The van der Waals surface area contributed by atoms with E-state index in [9.17, 15) is 8.42 Å². The fourth-order valence-corrected chi connectivity index (χ4v) is 2.90. The van der Waals surface area contributed by atoms with Crippen LogP contribution < -0.4 is 10.6 Å². The third kappa shape index (κ3) is 4.52. The van der Waals surface area contributed by atoms with Crippen LogP contribution in [-0.4, -0.2) is 39.3 Å². The molecule has 0 spiro atoms. The van der Waals surface area contributed by atoms with Crippen molar-refractivity contribution < 1.29 is 8.42 Å². The summed E-state index contributed by atoms with van der Waals surface area (Å²) in [6.45, 7) is 3.02. The number of guanidine groups is 1. The molecule has 0 aliphatic heterocycles. The van der Waals surface area contributed by atoms with Gasteiger partial charge in [-0.05, 0) is 31.9 Å². The van der Waals surface area contributed by atoms with Crippen LogP contribution in [0.2, 0.25) is 0 Å². The fourth-order valence-electron chi connectivity index (χ4n) is 1.76. The highest BCUT2D eigenvalue weighted by molar-refractivity contribution is 7.91. The lowest BCUT2D eigenvalue weighted by molar-refractivity contribution is 0.596. The van der Waals surface area contributed by atoms with Crippen molar-refractivity contribution in [2.75, 3.05) is 18.8 Å². The van der Waals surface area contributed by atoms with E-state index in [-0.39, 0.29) is 12.3 Å². The van der Waals surface area contributed by atoms with E-state index in [1.807, 2.05) is 6.92 Å². The van der Waals surface area contributed by atoms with Crippen LogP contribution in [0.1, 0.15) is 19.8 Å². The minimum absolute atomic E-state index is 0.0260. The van der Waals surface area contributed by atoms with Gasteiger partial charge in [-0.15, -0.1) is 0 Å². The second kappa shape index (κ2) is 6.74. The number of rotatable bonds is 6. The van der Waals surface area contributed by atoms with Crippen LogP contribution in [0.3, 0.4) is 0 Å². The maximum Gasteiger partial charge on any atom is 0.191 e. The van der Waals surface area contributed by atoms with Gasteiger partial charge in [0.05, 0.1) is 17.2 Å². The summed E-state index contributed by atoms with van der Waals surface area (Å²) in [6.07, 6.45) is 2.32. The van der Waals surface area contributed by atoms with Gasteiger partial charge in [-0.1, -0.05) is 18.2 Å². The van der Waals surface area contributed by atoms with E-state index in [1.54, 1.807) is 30.3 Å². The average molecular weight is 295 g/mol. The Balaban J connectivity index is 1.92. The molecule has 5 nitrogen and oxygen atoms in total. The lowest BCUT2D eigenvalue weighted by Crippen LogP contribution is -2.38. The molecule has 2 rings (SSSR count). The predicted octanol–water partition coefficient (Wildman–Crippen LogP) is 1.18. The highest BCUT2D eigenvalue weighted by atomic mass is 32.2. The Morgan fingerprint density at radius 1 is 1.30 bits per heavy atom. The number of aliphatic imine (C=N–C) groups is 1. The molecule has 0 saturated heterocycles. The first-order chi connectivity index (χ1) is 9.62. The molecule has 2 N–H and O–H groups in total. The van der Waals surface area contributed by atoms with E-state index in [4.69, 9.17) is 0 Å². The molecule has 0 radical (unpaired) electrons. The van der Waals surface area contributed by atoms with Crippen LogP contribution in [0.25, 0.3) is 0 Å². The van der Waals surface area contributed by atoms with Crippen LogP contribution in [0.15, 0.2) is 40.2 Å². The summed E-state index contributed by atoms with van der Waals surface area (Å²) in [6, 6.07) is 9.00. The van der Waals surface area contributed by atoms with Crippen molar-refractivity contribution in [1.29, 1.82) is 0 Å². The first kappa shape index (κ1) is 14.8. The molecular weight excluding hydrogens is 274 g/mol. The van der Waals surface area contributed by atoms with Gasteiger partial charge in [0.1, 0.15) is 0 Å². The van der Waals surface area contributed by atoms with Crippen LogP contribution >= 0.6 is 0 Å². The van der Waals surface area contributed by atoms with Crippen molar-refractivity contribution in [3.05, 3.63) is 30.3 Å². The molecule has 1 aliphatic rings. The molecule has 0 amide bonds. The van der Waals surface area contributed by atoms with Crippen LogP contribution in [0.4, 0.5) is 0 Å². The van der Waals surface area contributed by atoms with Crippen molar-refractivity contribution in [3.63, 3.8) is 0 Å². The quantitative estimate of drug-likeness (QED) is 0.611. The van der Waals surface area contributed by atoms with Crippen molar-refractivity contribution in [3.8, 4) is 0 Å². The Morgan fingerprint density at radius 3 is 2.60 bits per heavy atom. The molecule has 6 heteroatoms. The standard InChI is InChI=1S/C14H21N3O2S/c1-2-15-14(17-12-8-9-12)16-10-11-20(18,19)13-6-4-3-5-7-13/h3-7,12H,2,8-11H2,1H3,(H2,15,16,17). The molecule has 0 unspecified atom stereocenters. The van der Waals surface area contributed by atoms with Crippen molar-refractivity contribution >= 4 is 15.8 Å². The molecule has 1 saturated carbocycles. The van der Waals surface area contributed by atoms with Gasteiger partial charge in [0, 0.05) is 12.6 Å². The van der Waals surface area contributed by atoms with Crippen LogP contribution in [0, 0.1) is 0 Å². The summed E-state index contributed by atoms with van der Waals surface area (Å²) >= 11 is 0. The monoisotopic (exact) mass is 295 g/mol. The third-order valence-electron chi connectivity index (χ3n) is 2.99. The Labute approximate surface area is 120 Å². The zero-order valence-corrected chi connectivity index (χ0v) is 12.5. The molecule has 1 aromatic rings. The smallest absolute Gasteiger partial charge is 0.191 e. The summed E-state index contributed by atoms with van der Waals surface area (Å²) in [4.78, 5) is 4.68. The van der Waals surface area contributed by atoms with Gasteiger partial charge in [-0.2, -0.15) is 0 Å². The molecule has 20 heavy (non-hydrogen) atoms. The summed E-state index contributed by atoms with van der Waals surface area (Å²) in [5.74, 6) is 0.733. The van der Waals surface area contributed by atoms with E-state index in [0.717, 1.165) is 19.4 Å². The number of nitrogens with one attached hydrogen (secondary N) is 2. The van der Waals surface area contributed by atoms with Crippen molar-refractivity contribution in [2.45, 2.75) is 30.7 Å². The molecule has 1 aromatic carbocycles. The first-order valence-electron chi connectivity index (χ1n) is 6.94. The molecule has 1 fully saturated rings. The molecular formula is C14H21N3O2S. The molecule has 110 valence electrons. The number of benzene rings is 1. The topological polar surface area (TPSA) is 70.6 Å². The van der Waals surface area contributed by atoms with Gasteiger partial charge < -0.3 is 10.6 Å². The van der Waals surface area contributed by atoms with Gasteiger partial charge in [0.15, 0.2) is 15.8 Å². The van der Waals surface area contributed by atoms with Gasteiger partial charge in [0.25, 0.3) is 0 Å². The maximum atomic E-state index is 12.1. The highest BCUT2D eigenvalue weighted by Gasteiger charge is 2.22. The van der Waals surface area contributed by atoms with Gasteiger partial charge in [-0.25, -0.2) is 8.42 Å². The van der Waals surface area contributed by atoms with E-state index in [2.05, 4.69) is 15.6 Å². The summed E-state index contributed by atoms with van der Waals surface area (Å²) in [5, 5.41) is 6.39. The van der Waals surface area contributed by atoms with E-state index >= 15 is 0 Å². The molecule has 0 heterocycles. The van der Waals surface area contributed by atoms with Crippen molar-refractivity contribution in [2.24, 2.45) is 4.99 Å². The number of hydrogen-bond acceptors (Lipinski definition) is 3. The predicted molar refractivity (Wildman–Crippen MR) is 80.6 cm³/mol. The Bertz CT molecular complexity index is 551. The Morgan fingerprint density at radius 2 is 2.00 bits per heavy atom. The number of nitrogens with zero attached hydrogens (tertiary/aromatic N) is 1. The second-order valence-electron chi connectivity index (χ2n) is 4.81. The Kier molecular flexibility index (Phi) is 5.00. The zero-order valence-electron chi connectivity index (χ0n) is 11.7. The normalized spacial score (nSPS) is 15.9. The Hall–Kier alpha value is -1.56. The van der Waals surface area contributed by atoms with Crippen molar-refractivity contribution in [1.82, 2.24) is 10.6 Å². The number of hydrogen-bond donors (Lipinski definition) is 2. The maximum absolute atomic E-state index is 12.1. The zero-order chi connectivity index (χ0) is 14.4. The summed E-state index contributed by atoms with van der Waals surface area (Å²) in [7, 11) is -3.25. The third-order valence-corrected chi connectivity index (χ3v) is 4.71. The summed E-state index contributed by atoms with van der Waals surface area (Å²) < 4.78 is 24.2. The lowest BCUT2D eigenvalue weighted by Gasteiger charge is -2.10. The lowest BCUT2D eigenvalue weighted by atomic mass is 10.4. The fraction of sp³-hybridized carbons (Fsp3) is 0.500. The molecule has 1 aliphatic carbocycles. The van der Waals surface area contributed by atoms with E-state index in [1.165, 1.54) is 0 Å². The number of sulfone groups is 1. The molecule has 0 aromatic heterocycles. The van der Waals surface area contributed by atoms with E-state index < -0.39 is 9.84 Å². The van der Waals surface area contributed by atoms with E-state index in [0.29, 0.717) is 16.9 Å². The minimum Gasteiger partial charge on any atom is -0.357 e. The van der Waals surface area contributed by atoms with Gasteiger partial charge in [-0.3, -0.25) is 4.99 Å². The summed E-state index contributed by atoms with van der Waals surface area (Å²) in [5.41, 5.74) is 0. The van der Waals surface area contributed by atoms with Gasteiger partial charge in [0.2, 0.25) is 0 Å². The average Bonchev–Trinajstić information content (AvgIpc) is 3.24. The van der Waals surface area contributed by atoms with Gasteiger partial charge >= 0.3 is 0 Å². The molecule has 0 atom stereocenters. The SMILES string of the molecule is CCNC(=NCCS(=O)(=O)c1ccccc1)NC1CC1.